The first-order chi connectivity index (χ1) is 4.18. The molecule has 0 saturated heterocycles. The first-order valence-electron chi connectivity index (χ1n) is 2.86. The minimum Gasteiger partial charge on any atom is -0.394 e. The van der Waals surface area contributed by atoms with E-state index in [1.807, 2.05) is 13.8 Å². The van der Waals surface area contributed by atoms with Crippen molar-refractivity contribution in [1.82, 2.24) is 5.43 Å². The summed E-state index contributed by atoms with van der Waals surface area (Å²) < 4.78 is 0. The average molecular weight is 136 g/mol. The molecule has 4 heteroatoms. The Morgan fingerprint density at radius 2 is 1.56 bits per heavy atom. The summed E-state index contributed by atoms with van der Waals surface area (Å²) in [4.78, 5) is 0. The standard InChI is InChI=1S/C3H10N2.C2H6O2/c1-3(2)5-4;3-1-2-4/h3,5H,4H2,1-2H3;3-4H,1-2H2. The van der Waals surface area contributed by atoms with Gasteiger partial charge in [0.05, 0.1) is 13.2 Å². The normalized spacial score (nSPS) is 8.67. The van der Waals surface area contributed by atoms with Crippen LogP contribution in [0.5, 0.6) is 0 Å². The van der Waals surface area contributed by atoms with E-state index < -0.39 is 0 Å². The maximum atomic E-state index is 7.62. The Balaban J connectivity index is 0. The second-order valence-corrected chi connectivity index (χ2v) is 1.77. The third-order valence-corrected chi connectivity index (χ3v) is 0.433. The average Bonchev–Trinajstić information content (AvgIpc) is 1.89. The van der Waals surface area contributed by atoms with E-state index in [2.05, 4.69) is 5.43 Å². The van der Waals surface area contributed by atoms with Gasteiger partial charge in [-0.1, -0.05) is 0 Å². The van der Waals surface area contributed by atoms with Crippen LogP contribution < -0.4 is 11.3 Å². The molecule has 0 aromatic carbocycles. The van der Waals surface area contributed by atoms with Crippen LogP contribution in [-0.2, 0) is 0 Å². The highest BCUT2D eigenvalue weighted by Gasteiger charge is 1.77. The number of rotatable bonds is 2. The molecule has 0 heterocycles. The Bertz CT molecular complexity index is 39.9. The first kappa shape index (κ1) is 11.6. The molecule has 0 amide bonds. The minimum absolute atomic E-state index is 0.125. The quantitative estimate of drug-likeness (QED) is 0.285. The molecule has 0 aliphatic carbocycles. The zero-order valence-electron chi connectivity index (χ0n) is 5.96. The fourth-order valence-electron chi connectivity index (χ4n) is 0. The van der Waals surface area contributed by atoms with E-state index in [0.29, 0.717) is 6.04 Å². The molecule has 0 aromatic heterocycles. The number of aliphatic hydroxyl groups is 2. The molecule has 5 N–H and O–H groups in total. The van der Waals surface area contributed by atoms with Crippen molar-refractivity contribution in [3.63, 3.8) is 0 Å². The molecule has 0 radical (unpaired) electrons. The lowest BCUT2D eigenvalue weighted by molar-refractivity contribution is 0.186. The zero-order valence-corrected chi connectivity index (χ0v) is 5.96. The van der Waals surface area contributed by atoms with Crippen LogP contribution >= 0.6 is 0 Å². The molecule has 0 spiro atoms. The summed E-state index contributed by atoms with van der Waals surface area (Å²) in [5, 5.41) is 15.2. The number of nitrogens with two attached hydrogens (primary N) is 1. The lowest BCUT2D eigenvalue weighted by atomic mass is 10.4. The van der Waals surface area contributed by atoms with E-state index in [4.69, 9.17) is 16.1 Å². The molecule has 4 nitrogen and oxygen atoms in total. The van der Waals surface area contributed by atoms with Crippen LogP contribution in [0, 0.1) is 0 Å². The Morgan fingerprint density at radius 3 is 1.56 bits per heavy atom. The Morgan fingerprint density at radius 1 is 1.33 bits per heavy atom. The fraction of sp³-hybridized carbons (Fsp3) is 1.00. The van der Waals surface area contributed by atoms with Crippen LogP contribution in [0.2, 0.25) is 0 Å². The Kier molecular flexibility index (Phi) is 13.9. The van der Waals surface area contributed by atoms with Gasteiger partial charge in [-0.2, -0.15) is 0 Å². The summed E-state index contributed by atoms with van der Waals surface area (Å²) in [6, 6.07) is 0.412. The van der Waals surface area contributed by atoms with Crippen molar-refractivity contribution in [1.29, 1.82) is 0 Å². The number of hydrazine groups is 1. The van der Waals surface area contributed by atoms with Crippen molar-refractivity contribution >= 4 is 0 Å². The van der Waals surface area contributed by atoms with Crippen molar-refractivity contribution in [2.24, 2.45) is 5.84 Å². The van der Waals surface area contributed by atoms with Gasteiger partial charge in [0.25, 0.3) is 0 Å². The van der Waals surface area contributed by atoms with Crippen molar-refractivity contribution < 1.29 is 10.2 Å². The molecule has 58 valence electrons. The summed E-state index contributed by atoms with van der Waals surface area (Å²) in [5.74, 6) is 4.92. The summed E-state index contributed by atoms with van der Waals surface area (Å²) >= 11 is 0. The molecular formula is C5H16N2O2. The van der Waals surface area contributed by atoms with Crippen LogP contribution in [0.4, 0.5) is 0 Å². The maximum absolute atomic E-state index is 7.62. The molecule has 0 aromatic rings. The highest BCUT2D eigenvalue weighted by atomic mass is 16.3. The minimum atomic E-state index is -0.125. The second-order valence-electron chi connectivity index (χ2n) is 1.77. The van der Waals surface area contributed by atoms with E-state index >= 15 is 0 Å². The molecule has 0 bridgehead atoms. The van der Waals surface area contributed by atoms with Gasteiger partial charge in [-0.25, -0.2) is 0 Å². The van der Waals surface area contributed by atoms with E-state index in [9.17, 15) is 0 Å². The molecular weight excluding hydrogens is 120 g/mol. The fourth-order valence-corrected chi connectivity index (χ4v) is 0. The molecule has 0 rings (SSSR count). The van der Waals surface area contributed by atoms with Crippen LogP contribution in [-0.4, -0.2) is 29.5 Å². The first-order valence-corrected chi connectivity index (χ1v) is 2.86. The van der Waals surface area contributed by atoms with Crippen LogP contribution in [0.15, 0.2) is 0 Å². The summed E-state index contributed by atoms with van der Waals surface area (Å²) in [5.41, 5.74) is 2.53. The van der Waals surface area contributed by atoms with E-state index in [1.54, 1.807) is 0 Å². The smallest absolute Gasteiger partial charge is 0.0662 e. The molecule has 0 atom stereocenters. The number of nitrogens with one attached hydrogen (secondary N) is 1. The third kappa shape index (κ3) is 33.2. The van der Waals surface area contributed by atoms with Gasteiger partial charge < -0.3 is 10.2 Å². The van der Waals surface area contributed by atoms with Crippen molar-refractivity contribution in [3.05, 3.63) is 0 Å². The second kappa shape index (κ2) is 10.8. The molecule has 9 heavy (non-hydrogen) atoms. The van der Waals surface area contributed by atoms with Crippen LogP contribution in [0.1, 0.15) is 13.8 Å². The molecule has 0 aliphatic heterocycles. The van der Waals surface area contributed by atoms with Gasteiger partial charge in [0.1, 0.15) is 0 Å². The van der Waals surface area contributed by atoms with Crippen molar-refractivity contribution in [2.45, 2.75) is 19.9 Å². The number of hydrogen-bond acceptors (Lipinski definition) is 4. The van der Waals surface area contributed by atoms with Gasteiger partial charge in [0.15, 0.2) is 0 Å². The van der Waals surface area contributed by atoms with Crippen molar-refractivity contribution in [2.75, 3.05) is 13.2 Å². The molecule has 0 saturated carbocycles. The molecule has 0 fully saturated rings. The lowest BCUT2D eigenvalue weighted by Crippen LogP contribution is -2.29. The van der Waals surface area contributed by atoms with Gasteiger partial charge >= 0.3 is 0 Å². The molecule has 0 unspecified atom stereocenters. The van der Waals surface area contributed by atoms with E-state index in [-0.39, 0.29) is 13.2 Å². The van der Waals surface area contributed by atoms with Gasteiger partial charge in [-0.05, 0) is 13.8 Å². The summed E-state index contributed by atoms with van der Waals surface area (Å²) in [6.45, 7) is 3.72. The van der Waals surface area contributed by atoms with Crippen LogP contribution in [0.25, 0.3) is 0 Å². The van der Waals surface area contributed by atoms with Gasteiger partial charge in [0, 0.05) is 6.04 Å². The summed E-state index contributed by atoms with van der Waals surface area (Å²) in [7, 11) is 0. The topological polar surface area (TPSA) is 78.5 Å². The largest absolute Gasteiger partial charge is 0.394 e. The number of aliphatic hydroxyl groups excluding tert-OH is 2. The zero-order chi connectivity index (χ0) is 7.70. The van der Waals surface area contributed by atoms with Gasteiger partial charge in [-0.15, -0.1) is 0 Å². The predicted molar refractivity (Wildman–Crippen MR) is 36.6 cm³/mol. The van der Waals surface area contributed by atoms with Crippen molar-refractivity contribution in [3.8, 4) is 0 Å². The third-order valence-electron chi connectivity index (χ3n) is 0.433. The summed E-state index contributed by atoms with van der Waals surface area (Å²) in [6.07, 6.45) is 0. The maximum Gasteiger partial charge on any atom is 0.0662 e. The van der Waals surface area contributed by atoms with Crippen LogP contribution in [0.3, 0.4) is 0 Å². The van der Waals surface area contributed by atoms with E-state index in [1.165, 1.54) is 0 Å². The lowest BCUT2D eigenvalue weighted by Gasteiger charge is -1.95. The predicted octanol–water partition coefficient (Wildman–Crippen LogP) is -1.17. The Labute approximate surface area is 55.7 Å². The highest BCUT2D eigenvalue weighted by molar-refractivity contribution is 4.38. The Hall–Kier alpha value is -0.160. The van der Waals surface area contributed by atoms with Gasteiger partial charge in [-0.3, -0.25) is 11.3 Å². The monoisotopic (exact) mass is 136 g/mol. The molecule has 0 aliphatic rings. The highest BCUT2D eigenvalue weighted by Crippen LogP contribution is 1.64. The number of hydrogen-bond donors (Lipinski definition) is 4. The van der Waals surface area contributed by atoms with E-state index in [0.717, 1.165) is 0 Å². The van der Waals surface area contributed by atoms with Gasteiger partial charge in [0.2, 0.25) is 0 Å². The SMILES string of the molecule is CC(C)NN.OCCO.